The van der Waals surface area contributed by atoms with E-state index in [0.717, 1.165) is 6.07 Å². The zero-order valence-electron chi connectivity index (χ0n) is 9.74. The molecule has 3 nitrogen and oxygen atoms in total. The monoisotopic (exact) mass is 288 g/mol. The lowest BCUT2D eigenvalue weighted by atomic mass is 10.2. The zero-order chi connectivity index (χ0) is 14.0. The van der Waals surface area contributed by atoms with Gasteiger partial charge in [-0.25, -0.2) is 4.98 Å². The van der Waals surface area contributed by atoms with Gasteiger partial charge < -0.3 is 10.8 Å². The van der Waals surface area contributed by atoms with Crippen LogP contribution in [0.5, 0.6) is 5.75 Å². The first-order chi connectivity index (χ1) is 8.93. The van der Waals surface area contributed by atoms with Crippen LogP contribution in [0.3, 0.4) is 0 Å². The summed E-state index contributed by atoms with van der Waals surface area (Å²) in [6.45, 7) is 0.356. The van der Waals surface area contributed by atoms with E-state index in [1.165, 1.54) is 17.8 Å². The van der Waals surface area contributed by atoms with Gasteiger partial charge in [0, 0.05) is 22.6 Å². The molecule has 0 amide bonds. The molecule has 0 fully saturated rings. The molecule has 0 spiro atoms. The number of hydrogen-bond donors (Lipinski definition) is 2. The van der Waals surface area contributed by atoms with Crippen molar-refractivity contribution in [3.8, 4) is 5.75 Å². The first kappa shape index (κ1) is 14.0. The highest BCUT2D eigenvalue weighted by Gasteiger charge is 2.33. The predicted octanol–water partition coefficient (Wildman–Crippen LogP) is 3.01. The number of fused-ring (bicyclic) bond motifs is 1. The molecule has 0 aliphatic rings. The minimum absolute atomic E-state index is 0.0446. The van der Waals surface area contributed by atoms with Gasteiger partial charge in [-0.3, -0.25) is 0 Å². The van der Waals surface area contributed by atoms with E-state index in [0.29, 0.717) is 22.6 Å². The number of alkyl halides is 3. The maximum absolute atomic E-state index is 12.8. The smallest absolute Gasteiger partial charge is 0.433 e. The number of pyridine rings is 1. The van der Waals surface area contributed by atoms with E-state index in [9.17, 15) is 18.3 Å². The van der Waals surface area contributed by atoms with Crippen molar-refractivity contribution in [1.82, 2.24) is 4.98 Å². The Labute approximate surface area is 111 Å². The molecule has 0 atom stereocenters. The number of hydrogen-bond acceptors (Lipinski definition) is 4. The molecule has 7 heteroatoms. The fourth-order valence-corrected chi connectivity index (χ4v) is 2.49. The summed E-state index contributed by atoms with van der Waals surface area (Å²) in [6.07, 6.45) is -4.55. The minimum atomic E-state index is -4.55. The zero-order valence-corrected chi connectivity index (χ0v) is 10.6. The van der Waals surface area contributed by atoms with E-state index in [4.69, 9.17) is 5.73 Å². The van der Waals surface area contributed by atoms with Crippen LogP contribution in [-0.2, 0) is 6.18 Å². The van der Waals surface area contributed by atoms with Gasteiger partial charge >= 0.3 is 6.18 Å². The molecule has 2 aromatic rings. The number of aromatic hydroxyl groups is 1. The second-order valence-electron chi connectivity index (χ2n) is 3.81. The number of nitrogens with zero attached hydrogens (tertiary/aromatic N) is 1. The van der Waals surface area contributed by atoms with Crippen LogP contribution < -0.4 is 5.73 Å². The molecule has 0 radical (unpaired) electrons. The molecule has 1 aromatic carbocycles. The van der Waals surface area contributed by atoms with Gasteiger partial charge in [-0.15, -0.1) is 11.8 Å². The Balaban J connectivity index is 2.66. The van der Waals surface area contributed by atoms with Gasteiger partial charge in [0.05, 0.1) is 0 Å². The van der Waals surface area contributed by atoms with E-state index < -0.39 is 11.9 Å². The summed E-state index contributed by atoms with van der Waals surface area (Å²) in [5.74, 6) is 0.227. The summed E-state index contributed by atoms with van der Waals surface area (Å²) in [6, 6.07) is 5.50. The van der Waals surface area contributed by atoms with E-state index in [1.54, 1.807) is 12.1 Å². The standard InChI is InChI=1S/C12H11F3N2OS/c13-12(14,15)10-6-9(19-5-4-16)7-2-1-3-8(18)11(7)17-10/h1-3,6,18H,4-5,16H2. The summed E-state index contributed by atoms with van der Waals surface area (Å²) < 4.78 is 38.3. The van der Waals surface area contributed by atoms with Crippen molar-refractivity contribution in [2.75, 3.05) is 12.3 Å². The summed E-state index contributed by atoms with van der Waals surface area (Å²) in [4.78, 5) is 3.91. The molecule has 0 unspecified atom stereocenters. The van der Waals surface area contributed by atoms with Gasteiger partial charge in [-0.2, -0.15) is 13.2 Å². The van der Waals surface area contributed by atoms with Crippen LogP contribution in [0.1, 0.15) is 5.69 Å². The molecule has 19 heavy (non-hydrogen) atoms. The van der Waals surface area contributed by atoms with Gasteiger partial charge in [0.15, 0.2) is 0 Å². The van der Waals surface area contributed by atoms with Crippen LogP contribution in [-0.4, -0.2) is 22.4 Å². The summed E-state index contributed by atoms with van der Waals surface area (Å²) in [7, 11) is 0. The SMILES string of the molecule is NCCSc1cc(C(F)(F)F)nc2c(O)cccc12. The molecule has 2 rings (SSSR count). The second-order valence-corrected chi connectivity index (χ2v) is 4.95. The third-order valence-corrected chi connectivity index (χ3v) is 3.53. The fourth-order valence-electron chi connectivity index (χ4n) is 1.64. The molecule has 1 heterocycles. The van der Waals surface area contributed by atoms with Crippen molar-refractivity contribution >= 4 is 22.7 Å². The van der Waals surface area contributed by atoms with Crippen molar-refractivity contribution in [1.29, 1.82) is 0 Å². The largest absolute Gasteiger partial charge is 0.506 e. The highest BCUT2D eigenvalue weighted by Crippen LogP contribution is 2.36. The minimum Gasteiger partial charge on any atom is -0.506 e. The normalized spacial score (nSPS) is 12.0. The highest BCUT2D eigenvalue weighted by atomic mass is 32.2. The molecule has 0 aliphatic heterocycles. The molecular weight excluding hydrogens is 277 g/mol. The Morgan fingerprint density at radius 3 is 2.68 bits per heavy atom. The summed E-state index contributed by atoms with van der Waals surface area (Å²) in [5.41, 5.74) is 4.31. The Kier molecular flexibility index (Phi) is 3.86. The topological polar surface area (TPSA) is 59.1 Å². The van der Waals surface area contributed by atoms with Gasteiger partial charge in [-0.1, -0.05) is 12.1 Å². The van der Waals surface area contributed by atoms with Crippen molar-refractivity contribution < 1.29 is 18.3 Å². The lowest BCUT2D eigenvalue weighted by Gasteiger charge is -2.11. The van der Waals surface area contributed by atoms with Gasteiger partial charge in [-0.05, 0) is 12.1 Å². The Hall–Kier alpha value is -1.47. The van der Waals surface area contributed by atoms with E-state index in [1.807, 2.05) is 0 Å². The predicted molar refractivity (Wildman–Crippen MR) is 68.2 cm³/mol. The van der Waals surface area contributed by atoms with Crippen molar-refractivity contribution in [2.45, 2.75) is 11.1 Å². The molecule has 3 N–H and O–H groups in total. The number of aromatic nitrogens is 1. The second kappa shape index (κ2) is 5.26. The molecular formula is C12H11F3N2OS. The number of nitrogens with two attached hydrogens (primary N) is 1. The Morgan fingerprint density at radius 2 is 2.05 bits per heavy atom. The Bertz CT molecular complexity index is 601. The maximum atomic E-state index is 12.8. The van der Waals surface area contributed by atoms with Crippen molar-refractivity contribution in [2.24, 2.45) is 5.73 Å². The lowest BCUT2D eigenvalue weighted by Crippen LogP contribution is -2.09. The number of para-hydroxylation sites is 1. The molecule has 0 bridgehead atoms. The van der Waals surface area contributed by atoms with Gasteiger partial charge in [0.25, 0.3) is 0 Å². The summed E-state index contributed by atoms with van der Waals surface area (Å²) >= 11 is 1.21. The quantitative estimate of drug-likeness (QED) is 0.852. The number of benzene rings is 1. The molecule has 102 valence electrons. The van der Waals surface area contributed by atoms with Crippen LogP contribution in [0.25, 0.3) is 10.9 Å². The Morgan fingerprint density at radius 1 is 1.32 bits per heavy atom. The highest BCUT2D eigenvalue weighted by molar-refractivity contribution is 7.99. The molecule has 0 aliphatic carbocycles. The number of phenols is 1. The number of phenolic OH excluding ortho intramolecular Hbond substituents is 1. The number of thioether (sulfide) groups is 1. The molecule has 0 saturated heterocycles. The van der Waals surface area contributed by atoms with E-state index in [-0.39, 0.29) is 11.3 Å². The third kappa shape index (κ3) is 2.93. The van der Waals surface area contributed by atoms with Crippen LogP contribution >= 0.6 is 11.8 Å². The van der Waals surface area contributed by atoms with Crippen LogP contribution in [0.15, 0.2) is 29.2 Å². The molecule has 0 saturated carbocycles. The van der Waals surface area contributed by atoms with Crippen LogP contribution in [0.4, 0.5) is 13.2 Å². The van der Waals surface area contributed by atoms with E-state index >= 15 is 0 Å². The summed E-state index contributed by atoms with van der Waals surface area (Å²) in [5, 5.41) is 10.1. The van der Waals surface area contributed by atoms with Crippen LogP contribution in [0.2, 0.25) is 0 Å². The fraction of sp³-hybridized carbons (Fsp3) is 0.250. The lowest BCUT2D eigenvalue weighted by molar-refractivity contribution is -0.141. The first-order valence-corrected chi connectivity index (χ1v) is 6.45. The number of rotatable bonds is 3. The third-order valence-electron chi connectivity index (χ3n) is 2.45. The van der Waals surface area contributed by atoms with E-state index in [2.05, 4.69) is 4.98 Å². The van der Waals surface area contributed by atoms with Crippen molar-refractivity contribution in [3.05, 3.63) is 30.0 Å². The number of halogens is 3. The van der Waals surface area contributed by atoms with Gasteiger partial charge in [0.1, 0.15) is 17.0 Å². The van der Waals surface area contributed by atoms with Crippen LogP contribution in [0, 0.1) is 0 Å². The average Bonchev–Trinajstić information content (AvgIpc) is 2.35. The average molecular weight is 288 g/mol. The first-order valence-electron chi connectivity index (χ1n) is 5.46. The molecule has 1 aromatic heterocycles. The van der Waals surface area contributed by atoms with Crippen molar-refractivity contribution in [3.63, 3.8) is 0 Å². The maximum Gasteiger partial charge on any atom is 0.433 e. The van der Waals surface area contributed by atoms with Gasteiger partial charge in [0.2, 0.25) is 0 Å².